The summed E-state index contributed by atoms with van der Waals surface area (Å²) in [5.74, 6) is 0. The van der Waals surface area contributed by atoms with Crippen molar-refractivity contribution >= 4 is 57.8 Å². The number of benzene rings is 2. The van der Waals surface area contributed by atoms with Crippen LogP contribution in [0, 0.1) is 6.92 Å². The Morgan fingerprint density at radius 1 is 0.962 bits per heavy atom. The molecule has 138 valence electrons. The summed E-state index contributed by atoms with van der Waals surface area (Å²) >= 11 is 24.3. The maximum absolute atomic E-state index is 6.28. The van der Waals surface area contributed by atoms with Crippen molar-refractivity contribution in [2.75, 3.05) is 31.5 Å². The minimum Gasteiger partial charge on any atom is -0.346 e. The van der Waals surface area contributed by atoms with Crippen LogP contribution in [0.4, 0.5) is 5.69 Å². The van der Waals surface area contributed by atoms with Crippen molar-refractivity contribution in [3.63, 3.8) is 0 Å². The largest absolute Gasteiger partial charge is 0.346 e. The second kappa shape index (κ2) is 8.77. The molecule has 2 aromatic carbocycles. The number of anilines is 1. The average molecular weight is 429 g/mol. The highest BCUT2D eigenvalue weighted by Gasteiger charge is 2.21. The monoisotopic (exact) mass is 427 g/mol. The summed E-state index contributed by atoms with van der Waals surface area (Å²) in [5, 5.41) is 6.21. The molecule has 0 aromatic heterocycles. The first-order valence-electron chi connectivity index (χ1n) is 8.42. The van der Waals surface area contributed by atoms with Crippen molar-refractivity contribution in [2.24, 2.45) is 0 Å². The van der Waals surface area contributed by atoms with Crippen molar-refractivity contribution in [3.8, 4) is 0 Å². The molecule has 0 amide bonds. The Bertz CT molecular complexity index is 784. The molecule has 3 rings (SSSR count). The second-order valence-corrected chi connectivity index (χ2v) is 7.91. The van der Waals surface area contributed by atoms with Crippen molar-refractivity contribution in [1.82, 2.24) is 9.80 Å². The summed E-state index contributed by atoms with van der Waals surface area (Å²) in [5.41, 5.74) is 2.94. The van der Waals surface area contributed by atoms with E-state index in [-0.39, 0.29) is 0 Å². The molecule has 1 saturated heterocycles. The Labute approximate surface area is 174 Å². The van der Waals surface area contributed by atoms with Crippen LogP contribution in [0.1, 0.15) is 11.1 Å². The van der Waals surface area contributed by atoms with E-state index in [0.717, 1.165) is 59.7 Å². The normalized spacial score (nSPS) is 15.2. The minimum absolute atomic E-state index is 0.716. The highest BCUT2D eigenvalue weighted by Crippen LogP contribution is 2.26. The number of hydrogen-bond acceptors (Lipinski definition) is 2. The first-order chi connectivity index (χ1) is 12.5. The summed E-state index contributed by atoms with van der Waals surface area (Å²) < 4.78 is 0. The van der Waals surface area contributed by atoms with Gasteiger partial charge in [-0.25, -0.2) is 0 Å². The molecule has 2 aromatic rings. The highest BCUT2D eigenvalue weighted by molar-refractivity contribution is 7.80. The summed E-state index contributed by atoms with van der Waals surface area (Å²) in [6.45, 7) is 6.25. The molecule has 0 spiro atoms. The van der Waals surface area contributed by atoms with Crippen LogP contribution in [-0.2, 0) is 6.54 Å². The smallest absolute Gasteiger partial charge is 0.173 e. The molecule has 7 heteroatoms. The molecule has 3 nitrogen and oxygen atoms in total. The zero-order valence-electron chi connectivity index (χ0n) is 14.4. The van der Waals surface area contributed by atoms with E-state index in [0.29, 0.717) is 10.0 Å². The number of nitrogens with zero attached hydrogens (tertiary/aromatic N) is 2. The summed E-state index contributed by atoms with van der Waals surface area (Å²) in [6, 6.07) is 11.4. The van der Waals surface area contributed by atoms with Gasteiger partial charge in [0.15, 0.2) is 5.11 Å². The number of thiocarbonyl (C=S) groups is 1. The van der Waals surface area contributed by atoms with E-state index in [2.05, 4.69) is 15.1 Å². The lowest BCUT2D eigenvalue weighted by Crippen LogP contribution is -2.49. The van der Waals surface area contributed by atoms with Gasteiger partial charge in [-0.2, -0.15) is 0 Å². The Balaban J connectivity index is 1.56. The molecular weight excluding hydrogens is 409 g/mol. The Kier molecular flexibility index (Phi) is 6.65. The lowest BCUT2D eigenvalue weighted by atomic mass is 10.2. The summed E-state index contributed by atoms with van der Waals surface area (Å²) in [4.78, 5) is 4.53. The maximum Gasteiger partial charge on any atom is 0.173 e. The van der Waals surface area contributed by atoms with Crippen molar-refractivity contribution in [2.45, 2.75) is 13.5 Å². The van der Waals surface area contributed by atoms with Gasteiger partial charge < -0.3 is 10.2 Å². The molecule has 1 aliphatic rings. The molecule has 1 aliphatic heterocycles. The van der Waals surface area contributed by atoms with E-state index in [1.807, 2.05) is 43.3 Å². The van der Waals surface area contributed by atoms with E-state index in [9.17, 15) is 0 Å². The Morgan fingerprint density at radius 3 is 2.19 bits per heavy atom. The minimum atomic E-state index is 0.716. The van der Waals surface area contributed by atoms with Gasteiger partial charge in [0.05, 0.1) is 0 Å². The molecular formula is C19H20Cl3N3S. The Hall–Kier alpha value is -1.04. The van der Waals surface area contributed by atoms with Gasteiger partial charge in [-0.15, -0.1) is 0 Å². The predicted octanol–water partition coefficient (Wildman–Crippen LogP) is 5.47. The third-order valence-corrected chi connectivity index (χ3v) is 6.09. The van der Waals surface area contributed by atoms with Gasteiger partial charge in [-0.3, -0.25) is 4.90 Å². The van der Waals surface area contributed by atoms with Crippen LogP contribution < -0.4 is 5.32 Å². The molecule has 0 aliphatic carbocycles. The molecule has 26 heavy (non-hydrogen) atoms. The van der Waals surface area contributed by atoms with Gasteiger partial charge >= 0.3 is 0 Å². The number of hydrogen-bond donors (Lipinski definition) is 1. The van der Waals surface area contributed by atoms with Crippen LogP contribution in [0.3, 0.4) is 0 Å². The number of nitrogens with one attached hydrogen (secondary N) is 1. The highest BCUT2D eigenvalue weighted by atomic mass is 35.5. The van der Waals surface area contributed by atoms with Crippen LogP contribution in [-0.4, -0.2) is 41.1 Å². The molecule has 0 saturated carbocycles. The number of piperazine rings is 1. The van der Waals surface area contributed by atoms with Gasteiger partial charge in [-0.05, 0) is 49.0 Å². The predicted molar refractivity (Wildman–Crippen MR) is 116 cm³/mol. The lowest BCUT2D eigenvalue weighted by molar-refractivity contribution is 0.177. The fourth-order valence-corrected chi connectivity index (χ4v) is 3.94. The lowest BCUT2D eigenvalue weighted by Gasteiger charge is -2.36. The topological polar surface area (TPSA) is 18.5 Å². The van der Waals surface area contributed by atoms with Crippen LogP contribution >= 0.6 is 47.0 Å². The molecule has 0 radical (unpaired) electrons. The van der Waals surface area contributed by atoms with Crippen LogP contribution in [0.25, 0.3) is 0 Å². The van der Waals surface area contributed by atoms with E-state index >= 15 is 0 Å². The third-order valence-electron chi connectivity index (χ3n) is 4.61. The van der Waals surface area contributed by atoms with Crippen molar-refractivity contribution in [1.29, 1.82) is 0 Å². The van der Waals surface area contributed by atoms with Crippen LogP contribution in [0.15, 0.2) is 36.4 Å². The first kappa shape index (κ1) is 19.7. The third kappa shape index (κ3) is 4.62. The van der Waals surface area contributed by atoms with Gasteiger partial charge in [0, 0.05) is 59.0 Å². The zero-order chi connectivity index (χ0) is 18.7. The molecule has 1 N–H and O–H groups in total. The van der Waals surface area contributed by atoms with Crippen LogP contribution in [0.5, 0.6) is 0 Å². The van der Waals surface area contributed by atoms with E-state index < -0.39 is 0 Å². The molecule has 0 bridgehead atoms. The maximum atomic E-state index is 6.28. The quantitative estimate of drug-likeness (QED) is 0.653. The number of rotatable bonds is 3. The van der Waals surface area contributed by atoms with E-state index in [1.165, 1.54) is 0 Å². The SMILES string of the molecule is Cc1c(Cl)cccc1NC(=S)N1CCN(Cc2c(Cl)cccc2Cl)CC1. The molecule has 0 atom stereocenters. The number of halogens is 3. The average Bonchev–Trinajstić information content (AvgIpc) is 2.63. The zero-order valence-corrected chi connectivity index (χ0v) is 17.5. The molecule has 1 heterocycles. The molecule has 1 fully saturated rings. The van der Waals surface area contributed by atoms with Crippen molar-refractivity contribution in [3.05, 3.63) is 62.6 Å². The second-order valence-electron chi connectivity index (χ2n) is 6.31. The summed E-state index contributed by atoms with van der Waals surface area (Å²) in [7, 11) is 0. The van der Waals surface area contributed by atoms with E-state index in [4.69, 9.17) is 47.0 Å². The fourth-order valence-electron chi connectivity index (χ4n) is 2.95. The van der Waals surface area contributed by atoms with Gasteiger partial charge in [0.2, 0.25) is 0 Å². The standard InChI is InChI=1S/C19H20Cl3N3S/c1-13-15(20)4-3-7-18(13)23-19(26)25-10-8-24(9-11-25)12-14-16(21)5-2-6-17(14)22/h2-7H,8-12H2,1H3,(H,23,26). The Morgan fingerprint density at radius 2 is 1.54 bits per heavy atom. The van der Waals surface area contributed by atoms with E-state index in [1.54, 1.807) is 0 Å². The molecule has 0 unspecified atom stereocenters. The van der Waals surface area contributed by atoms with Gasteiger partial charge in [0.25, 0.3) is 0 Å². The van der Waals surface area contributed by atoms with Crippen LogP contribution in [0.2, 0.25) is 15.1 Å². The van der Waals surface area contributed by atoms with Crippen molar-refractivity contribution < 1.29 is 0 Å². The summed E-state index contributed by atoms with van der Waals surface area (Å²) in [6.07, 6.45) is 0. The van der Waals surface area contributed by atoms with Gasteiger partial charge in [0.1, 0.15) is 0 Å². The van der Waals surface area contributed by atoms with Gasteiger partial charge in [-0.1, -0.05) is 46.9 Å². The fraction of sp³-hybridized carbons (Fsp3) is 0.316. The first-order valence-corrected chi connectivity index (χ1v) is 9.96.